The Morgan fingerprint density at radius 3 is 2.43 bits per heavy atom. The van der Waals surface area contributed by atoms with E-state index in [9.17, 15) is 4.39 Å². The third-order valence-electron chi connectivity index (χ3n) is 8.22. The quantitative estimate of drug-likeness (QED) is 0.536. The van der Waals surface area contributed by atoms with Gasteiger partial charge in [0.05, 0.1) is 6.67 Å². The second-order valence-corrected chi connectivity index (χ2v) is 9.52. The second-order valence-electron chi connectivity index (χ2n) is 9.52. The molecule has 3 aliphatic rings. The van der Waals surface area contributed by atoms with E-state index in [2.05, 4.69) is 27.7 Å². The molecule has 0 aliphatic heterocycles. The van der Waals surface area contributed by atoms with Gasteiger partial charge < -0.3 is 0 Å². The summed E-state index contributed by atoms with van der Waals surface area (Å²) in [7, 11) is 0. The maximum Gasteiger partial charge on any atom is 0.0925 e. The summed E-state index contributed by atoms with van der Waals surface area (Å²) in [4.78, 5) is 0. The Kier molecular flexibility index (Phi) is 4.17. The van der Waals surface area contributed by atoms with Crippen molar-refractivity contribution in [2.24, 2.45) is 40.4 Å². The summed E-state index contributed by atoms with van der Waals surface area (Å²) in [6.07, 6.45) is 10.7. The fourth-order valence-corrected chi connectivity index (χ4v) is 6.63. The molecule has 0 saturated heterocycles. The zero-order valence-electron chi connectivity index (χ0n) is 14.6. The minimum Gasteiger partial charge on any atom is -0.251 e. The van der Waals surface area contributed by atoms with E-state index in [4.69, 9.17) is 0 Å². The van der Waals surface area contributed by atoms with Gasteiger partial charge in [-0.1, -0.05) is 40.5 Å². The summed E-state index contributed by atoms with van der Waals surface area (Å²) in [6.45, 7) is 9.89. The monoisotopic (exact) mass is 294 g/mol. The Morgan fingerprint density at radius 2 is 1.71 bits per heavy atom. The van der Waals surface area contributed by atoms with Crippen LogP contribution in [-0.4, -0.2) is 6.67 Å². The highest BCUT2D eigenvalue weighted by atomic mass is 19.1. The number of alkyl halides is 1. The minimum absolute atomic E-state index is 0.0860. The highest BCUT2D eigenvalue weighted by molar-refractivity contribution is 5.01. The van der Waals surface area contributed by atoms with Gasteiger partial charge in [-0.3, -0.25) is 4.39 Å². The number of halogens is 1. The highest BCUT2D eigenvalue weighted by Gasteiger charge is 2.51. The molecule has 3 fully saturated rings. The van der Waals surface area contributed by atoms with Gasteiger partial charge in [0.15, 0.2) is 0 Å². The molecule has 3 saturated carbocycles. The third-order valence-corrected chi connectivity index (χ3v) is 8.22. The molecular formula is C20H35F. The number of hydrogen-bond donors (Lipinski definition) is 0. The van der Waals surface area contributed by atoms with Gasteiger partial charge in [0, 0.05) is 0 Å². The van der Waals surface area contributed by atoms with Crippen molar-refractivity contribution in [1.29, 1.82) is 0 Å². The number of hydrogen-bond acceptors (Lipinski definition) is 0. The average Bonchev–Trinajstić information content (AvgIpc) is 2.42. The van der Waals surface area contributed by atoms with E-state index in [1.165, 1.54) is 44.9 Å². The van der Waals surface area contributed by atoms with Gasteiger partial charge in [0.25, 0.3) is 0 Å². The SMILES string of the molecule is C[C@@H]1CCC[C@@]2(C)CC[C@H]3[C@H](CF)CC[C@@H](C[C@H]12)C3(C)C. The maximum absolute atomic E-state index is 13.5. The van der Waals surface area contributed by atoms with Gasteiger partial charge >= 0.3 is 0 Å². The highest BCUT2D eigenvalue weighted by Crippen LogP contribution is 2.60. The lowest BCUT2D eigenvalue weighted by molar-refractivity contribution is -0.0761. The second kappa shape index (κ2) is 5.53. The first-order valence-corrected chi connectivity index (χ1v) is 9.44. The van der Waals surface area contributed by atoms with Crippen LogP contribution in [0.2, 0.25) is 0 Å². The summed E-state index contributed by atoms with van der Waals surface area (Å²) in [5.41, 5.74) is 0.899. The third kappa shape index (κ3) is 2.57. The first-order chi connectivity index (χ1) is 9.88. The van der Waals surface area contributed by atoms with E-state index in [1.807, 2.05) is 0 Å². The maximum atomic E-state index is 13.5. The van der Waals surface area contributed by atoms with Crippen LogP contribution in [0.4, 0.5) is 4.39 Å². The van der Waals surface area contributed by atoms with Crippen LogP contribution in [0.5, 0.6) is 0 Å². The molecular weight excluding hydrogens is 259 g/mol. The van der Waals surface area contributed by atoms with Crippen molar-refractivity contribution in [3.63, 3.8) is 0 Å². The molecule has 0 amide bonds. The van der Waals surface area contributed by atoms with E-state index in [0.717, 1.165) is 24.2 Å². The molecule has 21 heavy (non-hydrogen) atoms. The molecule has 0 nitrogen and oxygen atoms in total. The zero-order chi connectivity index (χ0) is 15.3. The fourth-order valence-electron chi connectivity index (χ4n) is 6.63. The first-order valence-electron chi connectivity index (χ1n) is 9.44. The molecule has 3 aliphatic carbocycles. The van der Waals surface area contributed by atoms with Crippen LogP contribution < -0.4 is 0 Å². The Morgan fingerprint density at radius 1 is 0.952 bits per heavy atom. The van der Waals surface area contributed by atoms with Crippen molar-refractivity contribution in [2.45, 2.75) is 79.1 Å². The van der Waals surface area contributed by atoms with Crippen LogP contribution in [0.3, 0.4) is 0 Å². The molecule has 122 valence electrons. The van der Waals surface area contributed by atoms with Crippen molar-refractivity contribution in [3.8, 4) is 0 Å². The molecule has 1 heteroatoms. The van der Waals surface area contributed by atoms with Crippen molar-refractivity contribution < 1.29 is 4.39 Å². The van der Waals surface area contributed by atoms with Crippen LogP contribution in [0.25, 0.3) is 0 Å². The normalized spacial score (nSPS) is 49.9. The Bertz CT molecular complexity index is 374. The van der Waals surface area contributed by atoms with Crippen molar-refractivity contribution >= 4 is 0 Å². The Labute approximate surface area is 131 Å². The van der Waals surface area contributed by atoms with E-state index in [-0.39, 0.29) is 6.67 Å². The summed E-state index contributed by atoms with van der Waals surface area (Å²) in [5, 5.41) is 0. The van der Waals surface area contributed by atoms with Crippen molar-refractivity contribution in [1.82, 2.24) is 0 Å². The van der Waals surface area contributed by atoms with E-state index >= 15 is 0 Å². The van der Waals surface area contributed by atoms with Gasteiger partial charge in [-0.2, -0.15) is 0 Å². The molecule has 6 atom stereocenters. The first kappa shape index (κ1) is 15.8. The standard InChI is InChI=1S/C20H35F/c1-14-6-5-10-20(4)11-9-17-15(13-21)7-8-16(12-18(14)20)19(17,2)3/h14-18H,5-13H2,1-4H3/t14-,15+,16+,17+,18-,20+/m1/s1. The molecule has 0 aromatic heterocycles. The van der Waals surface area contributed by atoms with Crippen molar-refractivity contribution in [3.05, 3.63) is 0 Å². The van der Waals surface area contributed by atoms with Gasteiger partial charge in [0.1, 0.15) is 0 Å². The predicted molar refractivity (Wildman–Crippen MR) is 87.9 cm³/mol. The topological polar surface area (TPSA) is 0 Å². The van der Waals surface area contributed by atoms with Gasteiger partial charge in [-0.15, -0.1) is 0 Å². The number of fused-ring (bicyclic) bond motifs is 3. The molecule has 0 unspecified atom stereocenters. The average molecular weight is 294 g/mol. The molecule has 0 heterocycles. The van der Waals surface area contributed by atoms with E-state index < -0.39 is 0 Å². The Balaban J connectivity index is 1.90. The van der Waals surface area contributed by atoms with Gasteiger partial charge in [-0.05, 0) is 78.9 Å². The van der Waals surface area contributed by atoms with Crippen molar-refractivity contribution in [2.75, 3.05) is 6.67 Å². The van der Waals surface area contributed by atoms with Crippen LogP contribution in [0.15, 0.2) is 0 Å². The summed E-state index contributed by atoms with van der Waals surface area (Å²) in [6, 6.07) is 0. The summed E-state index contributed by atoms with van der Waals surface area (Å²) in [5.74, 6) is 3.61. The zero-order valence-corrected chi connectivity index (χ0v) is 14.6. The number of rotatable bonds is 1. The summed E-state index contributed by atoms with van der Waals surface area (Å²) < 4.78 is 13.5. The van der Waals surface area contributed by atoms with E-state index in [1.54, 1.807) is 0 Å². The van der Waals surface area contributed by atoms with Crippen LogP contribution in [0.1, 0.15) is 79.1 Å². The smallest absolute Gasteiger partial charge is 0.0925 e. The van der Waals surface area contributed by atoms with Gasteiger partial charge in [-0.25, -0.2) is 0 Å². The molecule has 3 rings (SSSR count). The van der Waals surface area contributed by atoms with Crippen LogP contribution >= 0.6 is 0 Å². The van der Waals surface area contributed by atoms with Crippen LogP contribution in [0, 0.1) is 40.4 Å². The lowest BCUT2D eigenvalue weighted by Crippen LogP contribution is -2.49. The predicted octanol–water partition coefficient (Wildman–Crippen LogP) is 6.25. The van der Waals surface area contributed by atoms with Crippen LogP contribution in [-0.2, 0) is 0 Å². The molecule has 2 bridgehead atoms. The molecule has 0 spiro atoms. The molecule has 0 aromatic rings. The largest absolute Gasteiger partial charge is 0.251 e. The lowest BCUT2D eigenvalue weighted by Gasteiger charge is -2.57. The van der Waals surface area contributed by atoms with Gasteiger partial charge in [0.2, 0.25) is 0 Å². The lowest BCUT2D eigenvalue weighted by atomic mass is 9.48. The van der Waals surface area contributed by atoms with E-state index in [0.29, 0.717) is 22.7 Å². The Hall–Kier alpha value is -0.0700. The molecule has 0 aromatic carbocycles. The minimum atomic E-state index is -0.0860. The molecule has 0 radical (unpaired) electrons. The fraction of sp³-hybridized carbons (Fsp3) is 1.00. The summed E-state index contributed by atoms with van der Waals surface area (Å²) >= 11 is 0. The molecule has 0 N–H and O–H groups in total.